The standard InChI is InChI=1S/C25H22F3N3O/c1-17-7-11-19(12-8-17)23-21-5-3-4-6-22(21)24(32)31(29-23)16-30(2)15-18-9-13-20(14-10-18)25(26,27)28/h3-14H,15-16H2,1-2H3. The summed E-state index contributed by atoms with van der Waals surface area (Å²) < 4.78 is 39.8. The molecule has 0 N–H and O–H groups in total. The molecule has 32 heavy (non-hydrogen) atoms. The molecule has 0 saturated heterocycles. The Balaban J connectivity index is 1.65. The van der Waals surface area contributed by atoms with Crippen LogP contribution in [0.1, 0.15) is 16.7 Å². The second kappa shape index (κ2) is 8.59. The molecule has 0 bridgehead atoms. The Morgan fingerprint density at radius 3 is 2.16 bits per heavy atom. The number of halogens is 3. The predicted molar refractivity (Wildman–Crippen MR) is 119 cm³/mol. The summed E-state index contributed by atoms with van der Waals surface area (Å²) in [6.45, 7) is 2.58. The molecule has 164 valence electrons. The number of rotatable bonds is 5. The van der Waals surface area contributed by atoms with Gasteiger partial charge in [0.05, 0.1) is 23.3 Å². The number of nitrogens with zero attached hydrogens (tertiary/aromatic N) is 3. The van der Waals surface area contributed by atoms with Crippen LogP contribution >= 0.6 is 0 Å². The average Bonchev–Trinajstić information content (AvgIpc) is 2.76. The molecule has 0 saturated carbocycles. The monoisotopic (exact) mass is 437 g/mol. The molecule has 0 spiro atoms. The molecule has 0 fully saturated rings. The summed E-state index contributed by atoms with van der Waals surface area (Å²) in [6.07, 6.45) is -4.36. The maximum absolute atomic E-state index is 13.1. The highest BCUT2D eigenvalue weighted by Crippen LogP contribution is 2.29. The van der Waals surface area contributed by atoms with Crippen LogP contribution < -0.4 is 5.56 Å². The van der Waals surface area contributed by atoms with E-state index in [1.54, 1.807) is 13.1 Å². The second-order valence-electron chi connectivity index (χ2n) is 7.92. The van der Waals surface area contributed by atoms with Gasteiger partial charge in [0, 0.05) is 17.5 Å². The van der Waals surface area contributed by atoms with Gasteiger partial charge in [-0.25, -0.2) is 4.68 Å². The van der Waals surface area contributed by atoms with Crippen LogP contribution in [-0.2, 0) is 19.4 Å². The normalized spacial score (nSPS) is 11.9. The molecule has 4 aromatic rings. The van der Waals surface area contributed by atoms with Crippen molar-refractivity contribution in [3.05, 3.63) is 99.8 Å². The van der Waals surface area contributed by atoms with Crippen molar-refractivity contribution in [2.45, 2.75) is 26.3 Å². The molecule has 0 aliphatic carbocycles. The van der Waals surface area contributed by atoms with Crippen LogP contribution in [0.25, 0.3) is 22.0 Å². The van der Waals surface area contributed by atoms with E-state index in [0.29, 0.717) is 23.2 Å². The van der Waals surface area contributed by atoms with Crippen LogP contribution in [-0.4, -0.2) is 21.7 Å². The van der Waals surface area contributed by atoms with Gasteiger partial charge < -0.3 is 0 Å². The van der Waals surface area contributed by atoms with E-state index in [9.17, 15) is 18.0 Å². The van der Waals surface area contributed by atoms with Gasteiger partial charge in [-0.3, -0.25) is 9.69 Å². The fourth-order valence-corrected chi connectivity index (χ4v) is 3.65. The van der Waals surface area contributed by atoms with Crippen molar-refractivity contribution >= 4 is 10.8 Å². The molecule has 4 nitrogen and oxygen atoms in total. The van der Waals surface area contributed by atoms with E-state index >= 15 is 0 Å². The summed E-state index contributed by atoms with van der Waals surface area (Å²) in [5.41, 5.74) is 2.57. The predicted octanol–water partition coefficient (Wildman–Crippen LogP) is 5.48. The average molecular weight is 437 g/mol. The van der Waals surface area contributed by atoms with E-state index in [-0.39, 0.29) is 12.2 Å². The third-order valence-corrected chi connectivity index (χ3v) is 5.30. The highest BCUT2D eigenvalue weighted by molar-refractivity contribution is 5.93. The molecular formula is C25H22F3N3O. The summed E-state index contributed by atoms with van der Waals surface area (Å²) in [5, 5.41) is 5.99. The lowest BCUT2D eigenvalue weighted by Crippen LogP contribution is -2.32. The molecule has 0 amide bonds. The number of aryl methyl sites for hydroxylation is 1. The van der Waals surface area contributed by atoms with Crippen molar-refractivity contribution in [2.75, 3.05) is 7.05 Å². The Hall–Kier alpha value is -3.45. The molecule has 7 heteroatoms. The lowest BCUT2D eigenvalue weighted by Gasteiger charge is -2.19. The van der Waals surface area contributed by atoms with Crippen LogP contribution in [0.2, 0.25) is 0 Å². The van der Waals surface area contributed by atoms with E-state index < -0.39 is 11.7 Å². The Labute approximate surface area is 183 Å². The largest absolute Gasteiger partial charge is 0.416 e. The number of hydrogen-bond acceptors (Lipinski definition) is 3. The lowest BCUT2D eigenvalue weighted by atomic mass is 10.0. The molecule has 0 unspecified atom stereocenters. The van der Waals surface area contributed by atoms with Gasteiger partial charge in [0.25, 0.3) is 5.56 Å². The Bertz CT molecular complexity index is 1290. The van der Waals surface area contributed by atoms with Crippen LogP contribution in [0, 0.1) is 6.92 Å². The summed E-state index contributed by atoms with van der Waals surface area (Å²) in [5.74, 6) is 0. The molecule has 4 rings (SSSR count). The third kappa shape index (κ3) is 4.57. The van der Waals surface area contributed by atoms with Gasteiger partial charge in [-0.2, -0.15) is 18.3 Å². The van der Waals surface area contributed by atoms with Crippen molar-refractivity contribution in [3.8, 4) is 11.3 Å². The van der Waals surface area contributed by atoms with Gasteiger partial charge >= 0.3 is 6.18 Å². The topological polar surface area (TPSA) is 38.1 Å². The van der Waals surface area contributed by atoms with Gasteiger partial charge in [0.2, 0.25) is 0 Å². The molecule has 0 radical (unpaired) electrons. The summed E-state index contributed by atoms with van der Waals surface area (Å²) in [4.78, 5) is 14.9. The smallest absolute Gasteiger partial charge is 0.283 e. The zero-order chi connectivity index (χ0) is 22.9. The zero-order valence-corrected chi connectivity index (χ0v) is 17.7. The molecular weight excluding hydrogens is 415 g/mol. The molecule has 1 aromatic heterocycles. The lowest BCUT2D eigenvalue weighted by molar-refractivity contribution is -0.137. The van der Waals surface area contributed by atoms with Gasteiger partial charge in [0.15, 0.2) is 0 Å². The highest BCUT2D eigenvalue weighted by Gasteiger charge is 2.29. The second-order valence-corrected chi connectivity index (χ2v) is 7.92. The van der Waals surface area contributed by atoms with Crippen molar-refractivity contribution in [1.29, 1.82) is 0 Å². The SMILES string of the molecule is Cc1ccc(-c2nn(CN(C)Cc3ccc(C(F)(F)F)cc3)c(=O)c3ccccc23)cc1. The van der Waals surface area contributed by atoms with Crippen LogP contribution in [0.3, 0.4) is 0 Å². The summed E-state index contributed by atoms with van der Waals surface area (Å²) in [6, 6.07) is 20.4. The number of fused-ring (bicyclic) bond motifs is 1. The fraction of sp³-hybridized carbons (Fsp3) is 0.200. The van der Waals surface area contributed by atoms with E-state index in [1.807, 2.05) is 54.3 Å². The van der Waals surface area contributed by atoms with Crippen molar-refractivity contribution < 1.29 is 13.2 Å². The first-order valence-corrected chi connectivity index (χ1v) is 10.1. The van der Waals surface area contributed by atoms with E-state index in [1.165, 1.54) is 16.8 Å². The maximum atomic E-state index is 13.1. The maximum Gasteiger partial charge on any atom is 0.416 e. The quantitative estimate of drug-likeness (QED) is 0.415. The summed E-state index contributed by atoms with van der Waals surface area (Å²) in [7, 11) is 1.80. The number of hydrogen-bond donors (Lipinski definition) is 0. The minimum Gasteiger partial charge on any atom is -0.283 e. The zero-order valence-electron chi connectivity index (χ0n) is 17.7. The number of aromatic nitrogens is 2. The van der Waals surface area contributed by atoms with Crippen LogP contribution in [0.4, 0.5) is 13.2 Å². The molecule has 0 atom stereocenters. The first kappa shape index (κ1) is 21.8. The van der Waals surface area contributed by atoms with Gasteiger partial charge in [-0.05, 0) is 37.7 Å². The molecule has 0 aliphatic rings. The fourth-order valence-electron chi connectivity index (χ4n) is 3.65. The number of benzene rings is 3. The number of alkyl halides is 3. The minimum absolute atomic E-state index is 0.198. The van der Waals surface area contributed by atoms with E-state index in [2.05, 4.69) is 5.10 Å². The van der Waals surface area contributed by atoms with E-state index in [0.717, 1.165) is 28.6 Å². The van der Waals surface area contributed by atoms with Crippen LogP contribution in [0.5, 0.6) is 0 Å². The van der Waals surface area contributed by atoms with Crippen LogP contribution in [0.15, 0.2) is 77.6 Å². The third-order valence-electron chi connectivity index (χ3n) is 5.30. The van der Waals surface area contributed by atoms with Crippen molar-refractivity contribution in [3.63, 3.8) is 0 Å². The Morgan fingerprint density at radius 2 is 1.53 bits per heavy atom. The summed E-state index contributed by atoms with van der Waals surface area (Å²) >= 11 is 0. The Morgan fingerprint density at radius 1 is 0.906 bits per heavy atom. The van der Waals surface area contributed by atoms with Crippen molar-refractivity contribution in [1.82, 2.24) is 14.7 Å². The first-order chi connectivity index (χ1) is 15.2. The van der Waals surface area contributed by atoms with Gasteiger partial charge in [-0.15, -0.1) is 0 Å². The minimum atomic E-state index is -4.36. The van der Waals surface area contributed by atoms with Crippen molar-refractivity contribution in [2.24, 2.45) is 0 Å². The Kier molecular flexibility index (Phi) is 5.84. The molecule has 3 aromatic carbocycles. The van der Waals surface area contributed by atoms with Gasteiger partial charge in [-0.1, -0.05) is 60.2 Å². The molecule has 1 heterocycles. The highest BCUT2D eigenvalue weighted by atomic mass is 19.4. The molecule has 0 aliphatic heterocycles. The van der Waals surface area contributed by atoms with Gasteiger partial charge in [0.1, 0.15) is 0 Å². The first-order valence-electron chi connectivity index (χ1n) is 10.1. The van der Waals surface area contributed by atoms with E-state index in [4.69, 9.17) is 0 Å².